The van der Waals surface area contributed by atoms with Gasteiger partial charge in [-0.05, 0) is 23.7 Å². The smallest absolute Gasteiger partial charge is 0.214 e. The molecule has 0 bridgehead atoms. The number of furan rings is 1. The topological polar surface area (TPSA) is 62.6 Å². The van der Waals surface area contributed by atoms with Crippen LogP contribution in [0, 0.1) is 0 Å². The van der Waals surface area contributed by atoms with Gasteiger partial charge in [0.15, 0.2) is 5.22 Å². The lowest BCUT2D eigenvalue weighted by Crippen LogP contribution is -2.30. The zero-order chi connectivity index (χ0) is 12.2. The zero-order valence-electron chi connectivity index (χ0n) is 9.23. The summed E-state index contributed by atoms with van der Waals surface area (Å²) in [5, 5.41) is 3.30. The van der Waals surface area contributed by atoms with Gasteiger partial charge in [0.05, 0.1) is 12.3 Å². The van der Waals surface area contributed by atoms with Gasteiger partial charge in [-0.15, -0.1) is 0 Å². The number of rotatable bonds is 6. The molecule has 0 fully saturated rings. The summed E-state index contributed by atoms with van der Waals surface area (Å²) in [5.74, 6) is 0.751. The summed E-state index contributed by atoms with van der Waals surface area (Å²) in [5.41, 5.74) is 0. The molecule has 0 aliphatic rings. The van der Waals surface area contributed by atoms with Crippen LogP contribution in [-0.4, -0.2) is 39.1 Å². The van der Waals surface area contributed by atoms with Crippen molar-refractivity contribution in [2.24, 2.45) is 0 Å². The molecule has 1 N–H and O–H groups in total. The van der Waals surface area contributed by atoms with E-state index in [9.17, 15) is 8.42 Å². The fourth-order valence-electron chi connectivity index (χ4n) is 1.04. The van der Waals surface area contributed by atoms with Crippen molar-refractivity contribution in [2.75, 3.05) is 26.4 Å². The third kappa shape index (κ3) is 4.13. The van der Waals surface area contributed by atoms with Crippen LogP contribution in [0.15, 0.2) is 16.5 Å². The van der Waals surface area contributed by atoms with Crippen molar-refractivity contribution >= 4 is 21.6 Å². The van der Waals surface area contributed by atoms with E-state index in [1.165, 1.54) is 18.4 Å². The van der Waals surface area contributed by atoms with Gasteiger partial charge in [0.25, 0.3) is 0 Å². The second-order valence-electron chi connectivity index (χ2n) is 3.48. The largest absolute Gasteiger partial charge is 0.448 e. The average molecular weight is 267 g/mol. The summed E-state index contributed by atoms with van der Waals surface area (Å²) >= 11 is 5.59. The SMILES string of the molecule is CN(C)S(=O)(=O)CCNCc1ccc(Cl)o1. The maximum absolute atomic E-state index is 11.4. The van der Waals surface area contributed by atoms with E-state index in [-0.39, 0.29) is 5.75 Å². The Morgan fingerprint density at radius 1 is 1.44 bits per heavy atom. The van der Waals surface area contributed by atoms with E-state index in [1.54, 1.807) is 12.1 Å². The maximum atomic E-state index is 11.4. The molecular formula is C9H15ClN2O3S. The maximum Gasteiger partial charge on any atom is 0.214 e. The summed E-state index contributed by atoms with van der Waals surface area (Å²) in [6, 6.07) is 3.39. The fourth-order valence-corrected chi connectivity index (χ4v) is 1.97. The van der Waals surface area contributed by atoms with Crippen LogP contribution in [0.3, 0.4) is 0 Å². The quantitative estimate of drug-likeness (QED) is 0.778. The Balaban J connectivity index is 2.27. The first-order chi connectivity index (χ1) is 7.42. The van der Waals surface area contributed by atoms with Crippen LogP contribution in [-0.2, 0) is 16.6 Å². The Morgan fingerprint density at radius 3 is 2.62 bits per heavy atom. The Kier molecular flexibility index (Phi) is 4.79. The molecule has 1 rings (SSSR count). The van der Waals surface area contributed by atoms with Crippen molar-refractivity contribution in [3.63, 3.8) is 0 Å². The second kappa shape index (κ2) is 5.67. The van der Waals surface area contributed by atoms with Crippen LogP contribution >= 0.6 is 11.6 Å². The van der Waals surface area contributed by atoms with Gasteiger partial charge in [-0.25, -0.2) is 12.7 Å². The van der Waals surface area contributed by atoms with E-state index in [2.05, 4.69) is 5.32 Å². The van der Waals surface area contributed by atoms with E-state index < -0.39 is 10.0 Å². The Hall–Kier alpha value is -0.560. The minimum atomic E-state index is -3.13. The summed E-state index contributed by atoms with van der Waals surface area (Å²) in [7, 11) is -0.102. The summed E-state index contributed by atoms with van der Waals surface area (Å²) in [4.78, 5) is 0. The first kappa shape index (κ1) is 13.5. The van der Waals surface area contributed by atoms with Crippen molar-refractivity contribution < 1.29 is 12.8 Å². The molecule has 0 amide bonds. The average Bonchev–Trinajstić information content (AvgIpc) is 2.59. The molecule has 0 radical (unpaired) electrons. The van der Waals surface area contributed by atoms with Crippen LogP contribution in [0.4, 0.5) is 0 Å². The zero-order valence-corrected chi connectivity index (χ0v) is 10.8. The van der Waals surface area contributed by atoms with Crippen molar-refractivity contribution in [3.05, 3.63) is 23.1 Å². The predicted octanol–water partition coefficient (Wildman–Crippen LogP) is 0.914. The molecule has 7 heteroatoms. The van der Waals surface area contributed by atoms with Gasteiger partial charge in [0.1, 0.15) is 5.76 Å². The molecule has 1 heterocycles. The van der Waals surface area contributed by atoms with Gasteiger partial charge in [0, 0.05) is 20.6 Å². The molecule has 0 atom stereocenters. The number of sulfonamides is 1. The highest BCUT2D eigenvalue weighted by Crippen LogP contribution is 2.12. The molecule has 0 saturated carbocycles. The highest BCUT2D eigenvalue weighted by molar-refractivity contribution is 7.89. The number of nitrogens with zero attached hydrogens (tertiary/aromatic N) is 1. The van der Waals surface area contributed by atoms with Gasteiger partial charge >= 0.3 is 0 Å². The number of halogens is 1. The molecule has 0 aliphatic carbocycles. The van der Waals surface area contributed by atoms with E-state index in [1.807, 2.05) is 0 Å². The third-order valence-electron chi connectivity index (χ3n) is 2.02. The molecule has 1 aromatic heterocycles. The van der Waals surface area contributed by atoms with Gasteiger partial charge in [0.2, 0.25) is 10.0 Å². The molecular weight excluding hydrogens is 252 g/mol. The van der Waals surface area contributed by atoms with Crippen LogP contribution in [0.2, 0.25) is 5.22 Å². The minimum absolute atomic E-state index is 0.0639. The predicted molar refractivity (Wildman–Crippen MR) is 62.9 cm³/mol. The Morgan fingerprint density at radius 2 is 2.12 bits per heavy atom. The Bertz CT molecular complexity index is 428. The van der Waals surface area contributed by atoms with Crippen molar-refractivity contribution in [1.29, 1.82) is 0 Å². The minimum Gasteiger partial charge on any atom is -0.448 e. The molecule has 0 saturated heterocycles. The monoisotopic (exact) mass is 266 g/mol. The summed E-state index contributed by atoms with van der Waals surface area (Å²) < 4.78 is 29.1. The van der Waals surface area contributed by atoms with Crippen LogP contribution in [0.5, 0.6) is 0 Å². The molecule has 16 heavy (non-hydrogen) atoms. The molecule has 0 aliphatic heterocycles. The standard InChI is InChI=1S/C9H15ClN2O3S/c1-12(2)16(13,14)6-5-11-7-8-3-4-9(10)15-8/h3-4,11H,5-7H2,1-2H3. The van der Waals surface area contributed by atoms with Gasteiger partial charge < -0.3 is 9.73 Å². The lowest BCUT2D eigenvalue weighted by atomic mass is 10.4. The first-order valence-electron chi connectivity index (χ1n) is 4.77. The molecule has 5 nitrogen and oxygen atoms in total. The second-order valence-corrected chi connectivity index (χ2v) is 6.16. The summed E-state index contributed by atoms with van der Waals surface area (Å²) in [6.07, 6.45) is 0. The molecule has 0 unspecified atom stereocenters. The van der Waals surface area contributed by atoms with Crippen LogP contribution < -0.4 is 5.32 Å². The molecule has 0 aromatic carbocycles. The van der Waals surface area contributed by atoms with Crippen molar-refractivity contribution in [3.8, 4) is 0 Å². The van der Waals surface area contributed by atoms with E-state index in [0.29, 0.717) is 24.1 Å². The molecule has 0 spiro atoms. The van der Waals surface area contributed by atoms with Gasteiger partial charge in [-0.3, -0.25) is 0 Å². The molecule has 1 aromatic rings. The lowest BCUT2D eigenvalue weighted by molar-refractivity contribution is 0.484. The number of nitrogens with one attached hydrogen (secondary N) is 1. The van der Waals surface area contributed by atoms with Gasteiger partial charge in [-0.2, -0.15) is 0 Å². The van der Waals surface area contributed by atoms with Crippen molar-refractivity contribution in [1.82, 2.24) is 9.62 Å². The van der Waals surface area contributed by atoms with Crippen LogP contribution in [0.25, 0.3) is 0 Å². The number of hydrogen-bond donors (Lipinski definition) is 1. The fraction of sp³-hybridized carbons (Fsp3) is 0.556. The normalized spacial score (nSPS) is 12.2. The first-order valence-corrected chi connectivity index (χ1v) is 6.75. The highest BCUT2D eigenvalue weighted by atomic mass is 35.5. The lowest BCUT2D eigenvalue weighted by Gasteiger charge is -2.10. The van der Waals surface area contributed by atoms with E-state index in [4.69, 9.17) is 16.0 Å². The van der Waals surface area contributed by atoms with Crippen molar-refractivity contribution in [2.45, 2.75) is 6.54 Å². The molecule has 92 valence electrons. The van der Waals surface area contributed by atoms with E-state index >= 15 is 0 Å². The van der Waals surface area contributed by atoms with Gasteiger partial charge in [-0.1, -0.05) is 0 Å². The van der Waals surface area contributed by atoms with E-state index in [0.717, 1.165) is 0 Å². The third-order valence-corrected chi connectivity index (χ3v) is 4.06. The number of hydrogen-bond acceptors (Lipinski definition) is 4. The Labute approximate surface area is 100 Å². The summed E-state index contributed by atoms with van der Waals surface area (Å²) in [6.45, 7) is 0.842. The van der Waals surface area contributed by atoms with Crippen LogP contribution in [0.1, 0.15) is 5.76 Å². The highest BCUT2D eigenvalue weighted by Gasteiger charge is 2.12.